The number of amides is 1. The molecule has 1 heterocycles. The Morgan fingerprint density at radius 1 is 1.02 bits per heavy atom. The summed E-state index contributed by atoms with van der Waals surface area (Å²) in [6.07, 6.45) is 1.92. The lowest BCUT2D eigenvalue weighted by molar-refractivity contribution is -0.140. The van der Waals surface area contributed by atoms with E-state index in [0.717, 1.165) is 31.5 Å². The number of nitrogens with zero attached hydrogens (tertiary/aromatic N) is 2. The molecule has 1 fully saturated rings. The van der Waals surface area contributed by atoms with Crippen molar-refractivity contribution in [2.45, 2.75) is 66.5 Å². The van der Waals surface area contributed by atoms with E-state index < -0.39 is 17.7 Å². The molecule has 218 valence electrons. The predicted octanol–water partition coefficient (Wildman–Crippen LogP) is 5.73. The fourth-order valence-corrected chi connectivity index (χ4v) is 4.88. The number of ketones is 1. The summed E-state index contributed by atoms with van der Waals surface area (Å²) in [6.45, 7) is 15.1. The Morgan fingerprint density at radius 2 is 1.73 bits per heavy atom. The van der Waals surface area contributed by atoms with Crippen molar-refractivity contribution in [2.75, 3.05) is 39.9 Å². The van der Waals surface area contributed by atoms with Gasteiger partial charge in [0.05, 0.1) is 31.4 Å². The second-order valence-electron chi connectivity index (χ2n) is 10.3. The van der Waals surface area contributed by atoms with Gasteiger partial charge in [0.15, 0.2) is 11.5 Å². The molecule has 0 radical (unpaired) electrons. The summed E-state index contributed by atoms with van der Waals surface area (Å²) in [5.74, 6) is 0.258. The van der Waals surface area contributed by atoms with Crippen molar-refractivity contribution in [2.24, 2.45) is 0 Å². The molecule has 3 rings (SSSR count). The minimum absolute atomic E-state index is 0.00168. The van der Waals surface area contributed by atoms with Crippen LogP contribution in [0.2, 0.25) is 0 Å². The van der Waals surface area contributed by atoms with Crippen LogP contribution in [0.4, 0.5) is 0 Å². The van der Waals surface area contributed by atoms with Gasteiger partial charge in [0.25, 0.3) is 11.7 Å². The molecule has 1 N–H and O–H groups in total. The molecule has 0 saturated carbocycles. The van der Waals surface area contributed by atoms with E-state index in [2.05, 4.69) is 25.7 Å². The number of Topliss-reactive ketones (excluding diaryl/α,β-unsaturated/α-hetero) is 1. The van der Waals surface area contributed by atoms with Gasteiger partial charge in [-0.05, 0) is 81.7 Å². The number of aliphatic hydroxyl groups is 1. The highest BCUT2D eigenvalue weighted by Gasteiger charge is 2.46. The predicted molar refractivity (Wildman–Crippen MR) is 157 cm³/mol. The van der Waals surface area contributed by atoms with Gasteiger partial charge in [-0.2, -0.15) is 0 Å². The number of hydrogen-bond acceptors (Lipinski definition) is 7. The van der Waals surface area contributed by atoms with E-state index in [4.69, 9.17) is 14.2 Å². The van der Waals surface area contributed by atoms with Crippen molar-refractivity contribution in [1.82, 2.24) is 9.80 Å². The van der Waals surface area contributed by atoms with Crippen LogP contribution in [0.5, 0.6) is 17.2 Å². The van der Waals surface area contributed by atoms with E-state index in [-0.39, 0.29) is 17.4 Å². The Morgan fingerprint density at radius 3 is 2.33 bits per heavy atom. The first-order chi connectivity index (χ1) is 19.2. The number of likely N-dealkylation sites (tertiary alicyclic amines) is 1. The number of aliphatic hydroxyl groups excluding tert-OH is 1. The molecule has 1 saturated heterocycles. The van der Waals surface area contributed by atoms with Gasteiger partial charge in [-0.1, -0.05) is 33.3 Å². The van der Waals surface area contributed by atoms with Crippen LogP contribution in [0.25, 0.3) is 5.76 Å². The third-order valence-electron chi connectivity index (χ3n) is 7.16. The molecule has 0 aliphatic carbocycles. The number of unbranched alkanes of at least 4 members (excludes halogenated alkanes) is 1. The van der Waals surface area contributed by atoms with Crippen LogP contribution in [0.15, 0.2) is 42.0 Å². The maximum Gasteiger partial charge on any atom is 0.295 e. The summed E-state index contributed by atoms with van der Waals surface area (Å²) in [5, 5.41) is 11.5. The van der Waals surface area contributed by atoms with E-state index in [1.54, 1.807) is 42.3 Å². The number of hydrogen-bond donors (Lipinski definition) is 1. The molecule has 0 spiro atoms. The highest BCUT2D eigenvalue weighted by molar-refractivity contribution is 6.46. The molecule has 0 aromatic heterocycles. The fraction of sp³-hybridized carbons (Fsp3) is 0.500. The SMILES string of the molecule is CCCCOc1ccc(C2C(=C(O)c3ccc(OC(C)C)c(C)c3)C(=O)C(=O)N2CCN(CC)CC)cc1OC. The number of likely N-dealkylation sites (N-methyl/N-ethyl adjacent to an activating group) is 1. The van der Waals surface area contributed by atoms with Crippen molar-refractivity contribution < 1.29 is 28.9 Å². The summed E-state index contributed by atoms with van der Waals surface area (Å²) in [7, 11) is 1.56. The van der Waals surface area contributed by atoms with E-state index in [1.807, 2.05) is 26.8 Å². The smallest absolute Gasteiger partial charge is 0.295 e. The molecular formula is C32H44N2O6. The molecule has 0 bridgehead atoms. The van der Waals surface area contributed by atoms with Gasteiger partial charge in [-0.3, -0.25) is 9.59 Å². The maximum atomic E-state index is 13.5. The number of carbonyl (C=O) groups excluding carboxylic acids is 2. The summed E-state index contributed by atoms with van der Waals surface area (Å²) in [6, 6.07) is 9.92. The normalized spacial score (nSPS) is 16.7. The average Bonchev–Trinajstić information content (AvgIpc) is 3.19. The van der Waals surface area contributed by atoms with Crippen LogP contribution in [-0.2, 0) is 9.59 Å². The van der Waals surface area contributed by atoms with Gasteiger partial charge in [0.2, 0.25) is 0 Å². The lowest BCUT2D eigenvalue weighted by Gasteiger charge is -2.28. The topological polar surface area (TPSA) is 88.5 Å². The summed E-state index contributed by atoms with van der Waals surface area (Å²) < 4.78 is 17.4. The van der Waals surface area contributed by atoms with Gasteiger partial charge in [-0.15, -0.1) is 0 Å². The monoisotopic (exact) mass is 552 g/mol. The van der Waals surface area contributed by atoms with E-state index in [1.165, 1.54) is 0 Å². The third kappa shape index (κ3) is 6.97. The van der Waals surface area contributed by atoms with Crippen molar-refractivity contribution in [3.05, 3.63) is 58.7 Å². The molecule has 1 amide bonds. The quantitative estimate of drug-likeness (QED) is 0.139. The first-order valence-corrected chi connectivity index (χ1v) is 14.3. The van der Waals surface area contributed by atoms with Crippen LogP contribution in [0.1, 0.15) is 70.2 Å². The van der Waals surface area contributed by atoms with E-state index in [0.29, 0.717) is 48.1 Å². The minimum atomic E-state index is -0.777. The number of carbonyl (C=O) groups is 2. The molecule has 1 unspecified atom stereocenters. The zero-order valence-electron chi connectivity index (χ0n) is 25.0. The fourth-order valence-electron chi connectivity index (χ4n) is 4.88. The summed E-state index contributed by atoms with van der Waals surface area (Å²) >= 11 is 0. The molecule has 1 aliphatic heterocycles. The first kappa shape index (κ1) is 31.0. The summed E-state index contributed by atoms with van der Waals surface area (Å²) in [5.41, 5.74) is 1.99. The molecule has 8 nitrogen and oxygen atoms in total. The van der Waals surface area contributed by atoms with Crippen LogP contribution in [0.3, 0.4) is 0 Å². The Bertz CT molecular complexity index is 1220. The van der Waals surface area contributed by atoms with Crippen molar-refractivity contribution in [1.29, 1.82) is 0 Å². The molecular weight excluding hydrogens is 508 g/mol. The van der Waals surface area contributed by atoms with Crippen LogP contribution in [-0.4, -0.2) is 72.6 Å². The van der Waals surface area contributed by atoms with Gasteiger partial charge >= 0.3 is 0 Å². The molecule has 40 heavy (non-hydrogen) atoms. The first-order valence-electron chi connectivity index (χ1n) is 14.3. The molecule has 1 aliphatic rings. The minimum Gasteiger partial charge on any atom is -0.507 e. The van der Waals surface area contributed by atoms with Gasteiger partial charge < -0.3 is 29.1 Å². The number of aryl methyl sites for hydroxylation is 1. The second kappa shape index (κ2) is 14.2. The molecule has 8 heteroatoms. The zero-order chi connectivity index (χ0) is 29.4. The van der Waals surface area contributed by atoms with Crippen LogP contribution >= 0.6 is 0 Å². The standard InChI is InChI=1S/C32H44N2O6/c1-8-11-18-39-26-15-12-23(20-27(26)38-7)29-28(31(36)32(37)34(29)17-16-33(9-2)10-3)30(35)24-13-14-25(22(6)19-24)40-21(4)5/h12-15,19-21,29,35H,8-11,16-18H2,1-7H3. The summed E-state index contributed by atoms with van der Waals surface area (Å²) in [4.78, 5) is 30.6. The molecule has 2 aromatic carbocycles. The number of rotatable bonds is 14. The van der Waals surface area contributed by atoms with Crippen LogP contribution in [0, 0.1) is 6.92 Å². The van der Waals surface area contributed by atoms with Crippen molar-refractivity contribution in [3.8, 4) is 17.2 Å². The van der Waals surface area contributed by atoms with Gasteiger partial charge in [-0.25, -0.2) is 0 Å². The highest BCUT2D eigenvalue weighted by Crippen LogP contribution is 2.42. The Labute approximate surface area is 238 Å². The number of ether oxygens (including phenoxy) is 3. The van der Waals surface area contributed by atoms with E-state index >= 15 is 0 Å². The molecule has 1 atom stereocenters. The van der Waals surface area contributed by atoms with Crippen LogP contribution < -0.4 is 14.2 Å². The average molecular weight is 553 g/mol. The van der Waals surface area contributed by atoms with E-state index in [9.17, 15) is 14.7 Å². The zero-order valence-corrected chi connectivity index (χ0v) is 25.0. The van der Waals surface area contributed by atoms with Crippen molar-refractivity contribution in [3.63, 3.8) is 0 Å². The third-order valence-corrected chi connectivity index (χ3v) is 7.16. The Hall–Kier alpha value is -3.52. The van der Waals surface area contributed by atoms with Gasteiger partial charge in [0, 0.05) is 18.7 Å². The second-order valence-corrected chi connectivity index (χ2v) is 10.3. The largest absolute Gasteiger partial charge is 0.507 e. The maximum absolute atomic E-state index is 13.5. The number of methoxy groups -OCH3 is 1. The Balaban J connectivity index is 2.11. The lowest BCUT2D eigenvalue weighted by atomic mass is 9.94. The number of benzene rings is 2. The molecule has 2 aromatic rings. The lowest BCUT2D eigenvalue weighted by Crippen LogP contribution is -2.38. The van der Waals surface area contributed by atoms with Crippen molar-refractivity contribution >= 4 is 17.4 Å². The van der Waals surface area contributed by atoms with Gasteiger partial charge in [0.1, 0.15) is 11.5 Å². The Kier molecular flexibility index (Phi) is 11.0. The highest BCUT2D eigenvalue weighted by atomic mass is 16.5.